The minimum atomic E-state index is -0.496. The molecule has 0 fully saturated rings. The number of rotatable bonds is 7. The van der Waals surface area contributed by atoms with Crippen LogP contribution in [0.25, 0.3) is 0 Å². The summed E-state index contributed by atoms with van der Waals surface area (Å²) in [5, 5.41) is -0.0412. The summed E-state index contributed by atoms with van der Waals surface area (Å²) in [5.41, 5.74) is 1.57. The van der Waals surface area contributed by atoms with Gasteiger partial charge in [0.2, 0.25) is 0 Å². The number of unbranched alkanes of at least 4 members (excludes halogenated alkanes) is 4. The van der Waals surface area contributed by atoms with E-state index in [1.807, 2.05) is 12.1 Å². The molecular formula is C14H18Cl2O. The van der Waals surface area contributed by atoms with Gasteiger partial charge in [-0.15, -0.1) is 0 Å². The van der Waals surface area contributed by atoms with E-state index in [2.05, 4.69) is 6.92 Å². The topological polar surface area (TPSA) is 17.1 Å². The molecule has 0 aliphatic heterocycles. The normalized spacial score (nSPS) is 10.5. The SMILES string of the molecule is CCCCCCCc1ccc(C(=O)Cl)c(Cl)c1. The van der Waals surface area contributed by atoms with Crippen molar-refractivity contribution in [3.05, 3.63) is 34.3 Å². The van der Waals surface area contributed by atoms with Crippen LogP contribution in [0, 0.1) is 0 Å². The summed E-state index contributed by atoms with van der Waals surface area (Å²) in [6, 6.07) is 5.48. The van der Waals surface area contributed by atoms with Gasteiger partial charge in [-0.2, -0.15) is 0 Å². The summed E-state index contributed by atoms with van der Waals surface area (Å²) < 4.78 is 0. The minimum absolute atomic E-state index is 0.392. The van der Waals surface area contributed by atoms with Gasteiger partial charge in [-0.05, 0) is 42.1 Å². The van der Waals surface area contributed by atoms with Crippen molar-refractivity contribution in [2.45, 2.75) is 45.4 Å². The quantitative estimate of drug-likeness (QED) is 0.491. The zero-order valence-corrected chi connectivity index (χ0v) is 11.7. The first-order chi connectivity index (χ1) is 8.15. The predicted molar refractivity (Wildman–Crippen MR) is 74.1 cm³/mol. The maximum Gasteiger partial charge on any atom is 0.253 e. The van der Waals surface area contributed by atoms with Crippen molar-refractivity contribution in [2.75, 3.05) is 0 Å². The monoisotopic (exact) mass is 272 g/mol. The number of aryl methyl sites for hydroxylation is 1. The van der Waals surface area contributed by atoms with Crippen molar-refractivity contribution in [2.24, 2.45) is 0 Å². The molecular weight excluding hydrogens is 255 g/mol. The zero-order chi connectivity index (χ0) is 12.7. The Kier molecular flexibility index (Phi) is 6.61. The van der Waals surface area contributed by atoms with Gasteiger partial charge in [0.1, 0.15) is 0 Å². The van der Waals surface area contributed by atoms with Crippen LogP contribution in [0.1, 0.15) is 54.9 Å². The van der Waals surface area contributed by atoms with Crippen LogP contribution >= 0.6 is 23.2 Å². The molecule has 0 atom stereocenters. The Balaban J connectivity index is 2.45. The highest BCUT2D eigenvalue weighted by Gasteiger charge is 2.07. The molecule has 0 unspecified atom stereocenters. The first kappa shape index (κ1) is 14.5. The van der Waals surface area contributed by atoms with Crippen LogP contribution in [-0.4, -0.2) is 5.24 Å². The Bertz CT molecular complexity index is 374. The van der Waals surface area contributed by atoms with Gasteiger partial charge in [-0.25, -0.2) is 0 Å². The second kappa shape index (κ2) is 7.73. The number of halogens is 2. The van der Waals surface area contributed by atoms with Gasteiger partial charge in [0, 0.05) is 0 Å². The molecule has 0 spiro atoms. The lowest BCUT2D eigenvalue weighted by molar-refractivity contribution is 0.108. The molecule has 0 saturated heterocycles. The van der Waals surface area contributed by atoms with E-state index in [9.17, 15) is 4.79 Å². The summed E-state index contributed by atoms with van der Waals surface area (Å²) in [7, 11) is 0. The van der Waals surface area contributed by atoms with E-state index in [1.54, 1.807) is 6.07 Å². The van der Waals surface area contributed by atoms with Crippen molar-refractivity contribution < 1.29 is 4.79 Å². The highest BCUT2D eigenvalue weighted by atomic mass is 35.5. The number of hydrogen-bond donors (Lipinski definition) is 0. The largest absolute Gasteiger partial charge is 0.276 e. The summed E-state index contributed by atoms with van der Waals surface area (Å²) in [6.07, 6.45) is 7.30. The smallest absolute Gasteiger partial charge is 0.253 e. The third kappa shape index (κ3) is 5.10. The van der Waals surface area contributed by atoms with Crippen molar-refractivity contribution in [1.29, 1.82) is 0 Å². The summed E-state index contributed by atoms with van der Waals surface area (Å²) >= 11 is 11.4. The van der Waals surface area contributed by atoms with E-state index in [0.29, 0.717) is 10.6 Å². The van der Waals surface area contributed by atoms with Crippen molar-refractivity contribution in [3.8, 4) is 0 Å². The first-order valence-corrected chi connectivity index (χ1v) is 6.89. The number of carbonyl (C=O) groups excluding carboxylic acids is 1. The fourth-order valence-corrected chi connectivity index (χ4v) is 2.31. The molecule has 0 radical (unpaired) electrons. The molecule has 0 aromatic heterocycles. The van der Waals surface area contributed by atoms with Gasteiger partial charge in [0.25, 0.3) is 5.24 Å². The van der Waals surface area contributed by atoms with Gasteiger partial charge in [-0.1, -0.05) is 50.3 Å². The first-order valence-electron chi connectivity index (χ1n) is 6.13. The summed E-state index contributed by atoms with van der Waals surface area (Å²) in [4.78, 5) is 11.0. The van der Waals surface area contributed by atoms with Crippen LogP contribution in [-0.2, 0) is 6.42 Å². The summed E-state index contributed by atoms with van der Waals surface area (Å²) in [6.45, 7) is 2.21. The highest BCUT2D eigenvalue weighted by molar-refractivity contribution is 6.68. The van der Waals surface area contributed by atoms with E-state index in [-0.39, 0.29) is 0 Å². The third-order valence-corrected chi connectivity index (χ3v) is 3.33. The molecule has 0 bridgehead atoms. The fraction of sp³-hybridized carbons (Fsp3) is 0.500. The van der Waals surface area contributed by atoms with Crippen molar-refractivity contribution in [1.82, 2.24) is 0 Å². The van der Waals surface area contributed by atoms with E-state index in [4.69, 9.17) is 23.2 Å². The highest BCUT2D eigenvalue weighted by Crippen LogP contribution is 2.21. The molecule has 0 amide bonds. The van der Waals surface area contributed by atoms with Gasteiger partial charge in [-0.3, -0.25) is 4.79 Å². The van der Waals surface area contributed by atoms with E-state index in [0.717, 1.165) is 6.42 Å². The molecule has 17 heavy (non-hydrogen) atoms. The Labute approximate surface area is 113 Å². The van der Waals surface area contributed by atoms with Crippen LogP contribution in [0.5, 0.6) is 0 Å². The molecule has 0 heterocycles. The summed E-state index contributed by atoms with van der Waals surface area (Å²) in [5.74, 6) is 0. The molecule has 3 heteroatoms. The van der Waals surface area contributed by atoms with Gasteiger partial charge in [0.15, 0.2) is 0 Å². The average molecular weight is 273 g/mol. The Morgan fingerprint density at radius 3 is 2.47 bits per heavy atom. The maximum atomic E-state index is 11.0. The van der Waals surface area contributed by atoms with Crippen LogP contribution in [0.15, 0.2) is 18.2 Å². The molecule has 1 rings (SSSR count). The Morgan fingerprint density at radius 2 is 1.88 bits per heavy atom. The number of hydrogen-bond acceptors (Lipinski definition) is 1. The van der Waals surface area contributed by atoms with Crippen molar-refractivity contribution in [3.63, 3.8) is 0 Å². The van der Waals surface area contributed by atoms with Gasteiger partial charge >= 0.3 is 0 Å². The molecule has 1 aromatic carbocycles. The second-order valence-electron chi connectivity index (χ2n) is 4.25. The van der Waals surface area contributed by atoms with Crippen LogP contribution in [0.2, 0.25) is 5.02 Å². The average Bonchev–Trinajstić information content (AvgIpc) is 2.28. The van der Waals surface area contributed by atoms with E-state index in [1.165, 1.54) is 37.7 Å². The molecule has 1 nitrogen and oxygen atoms in total. The Hall–Kier alpha value is -0.530. The standard InChI is InChI=1S/C14H18Cl2O/c1-2-3-4-5-6-7-11-8-9-12(14(16)17)13(15)10-11/h8-10H,2-7H2,1H3. The van der Waals surface area contributed by atoms with Gasteiger partial charge < -0.3 is 0 Å². The molecule has 0 aliphatic carbocycles. The minimum Gasteiger partial charge on any atom is -0.276 e. The lowest BCUT2D eigenvalue weighted by Crippen LogP contribution is -1.93. The number of carbonyl (C=O) groups is 1. The molecule has 1 aromatic rings. The van der Waals surface area contributed by atoms with Crippen LogP contribution in [0.4, 0.5) is 0 Å². The molecule has 0 N–H and O–H groups in total. The van der Waals surface area contributed by atoms with Gasteiger partial charge in [0.05, 0.1) is 10.6 Å². The zero-order valence-electron chi connectivity index (χ0n) is 10.1. The Morgan fingerprint density at radius 1 is 1.18 bits per heavy atom. The lowest BCUT2D eigenvalue weighted by atomic mass is 10.0. The van der Waals surface area contributed by atoms with E-state index >= 15 is 0 Å². The maximum absolute atomic E-state index is 11.0. The van der Waals surface area contributed by atoms with Crippen LogP contribution in [0.3, 0.4) is 0 Å². The predicted octanol–water partition coefficient (Wildman–Crippen LogP) is 5.23. The molecule has 0 saturated carbocycles. The fourth-order valence-electron chi connectivity index (χ4n) is 1.81. The third-order valence-electron chi connectivity index (χ3n) is 2.81. The van der Waals surface area contributed by atoms with Crippen LogP contribution < -0.4 is 0 Å². The lowest BCUT2D eigenvalue weighted by Gasteiger charge is -2.04. The number of benzene rings is 1. The second-order valence-corrected chi connectivity index (χ2v) is 5.00. The molecule has 94 valence electrons. The van der Waals surface area contributed by atoms with E-state index < -0.39 is 5.24 Å². The molecule has 0 aliphatic rings. The van der Waals surface area contributed by atoms with Crippen molar-refractivity contribution >= 4 is 28.4 Å².